The topological polar surface area (TPSA) is 76.7 Å². The number of carbonyl (C=O) groups excluding carboxylic acids is 1. The average molecular weight is 429 g/mol. The number of pyridine rings is 1. The van der Waals surface area contributed by atoms with E-state index in [-0.39, 0.29) is 23.4 Å². The van der Waals surface area contributed by atoms with Crippen LogP contribution < -0.4 is 15.6 Å². The molecule has 0 radical (unpaired) electrons. The van der Waals surface area contributed by atoms with E-state index in [0.717, 1.165) is 28.5 Å². The van der Waals surface area contributed by atoms with Crippen LogP contribution in [0, 0.1) is 5.92 Å². The van der Waals surface area contributed by atoms with Gasteiger partial charge in [-0.25, -0.2) is 4.79 Å². The third-order valence-corrected chi connectivity index (χ3v) is 6.71. The first kappa shape index (κ1) is 19.0. The fourth-order valence-corrected chi connectivity index (χ4v) is 5.27. The molecule has 6 rings (SSSR count). The molecule has 2 amide bonds. The predicted octanol–water partition coefficient (Wildman–Crippen LogP) is 4.41. The minimum Gasteiger partial charge on any atom is -0.495 e. The number of benzene rings is 2. The number of aromatic nitrogens is 1. The van der Waals surface area contributed by atoms with Crippen molar-refractivity contribution in [2.45, 2.75) is 18.9 Å². The third kappa shape index (κ3) is 2.96. The molecule has 2 atom stereocenters. The molecule has 0 aliphatic carbocycles. The first-order valence-corrected chi connectivity index (χ1v) is 10.9. The van der Waals surface area contributed by atoms with Crippen molar-refractivity contribution in [3.8, 4) is 5.75 Å². The SMILES string of the molecule is COc1cc2c(cc1NC(=O)N1C[C@@H]3C[C@@H](C1)c1cccc(=O)n1C3)oc1ccccc12. The van der Waals surface area contributed by atoms with Gasteiger partial charge in [0.05, 0.1) is 12.8 Å². The van der Waals surface area contributed by atoms with Crippen LogP contribution in [0.3, 0.4) is 0 Å². The number of amides is 2. The van der Waals surface area contributed by atoms with Gasteiger partial charge >= 0.3 is 6.03 Å². The molecule has 1 saturated heterocycles. The molecule has 2 aromatic carbocycles. The van der Waals surface area contributed by atoms with Gasteiger partial charge < -0.3 is 23.9 Å². The first-order chi connectivity index (χ1) is 15.6. The minimum atomic E-state index is -0.166. The summed E-state index contributed by atoms with van der Waals surface area (Å²) in [5, 5.41) is 4.99. The second-order valence-electron chi connectivity index (χ2n) is 8.68. The van der Waals surface area contributed by atoms with Gasteiger partial charge in [0, 0.05) is 54.2 Å². The Morgan fingerprint density at radius 2 is 1.91 bits per heavy atom. The fraction of sp³-hybridized carbons (Fsp3) is 0.280. The summed E-state index contributed by atoms with van der Waals surface area (Å²) in [5.41, 5.74) is 3.14. The van der Waals surface area contributed by atoms with Crippen molar-refractivity contribution in [1.29, 1.82) is 0 Å². The van der Waals surface area contributed by atoms with Crippen molar-refractivity contribution in [3.63, 3.8) is 0 Å². The number of nitrogens with one attached hydrogen (secondary N) is 1. The number of carbonyl (C=O) groups is 1. The minimum absolute atomic E-state index is 0.0407. The Labute approximate surface area is 184 Å². The Kier molecular flexibility index (Phi) is 4.24. The van der Waals surface area contributed by atoms with Gasteiger partial charge in [-0.05, 0) is 30.5 Å². The van der Waals surface area contributed by atoms with Gasteiger partial charge in [-0.3, -0.25) is 4.79 Å². The Morgan fingerprint density at radius 1 is 1.03 bits per heavy atom. The van der Waals surface area contributed by atoms with E-state index in [9.17, 15) is 9.59 Å². The zero-order valence-corrected chi connectivity index (χ0v) is 17.7. The maximum atomic E-state index is 13.2. The number of likely N-dealkylation sites (tertiary alicyclic amines) is 1. The van der Waals surface area contributed by atoms with Crippen molar-refractivity contribution in [1.82, 2.24) is 9.47 Å². The molecule has 1 N–H and O–H groups in total. The smallest absolute Gasteiger partial charge is 0.321 e. The number of ether oxygens (including phenoxy) is 1. The van der Waals surface area contributed by atoms with Crippen LogP contribution in [0.15, 0.2) is 63.8 Å². The van der Waals surface area contributed by atoms with Crippen LogP contribution >= 0.6 is 0 Å². The van der Waals surface area contributed by atoms with Crippen molar-refractivity contribution in [3.05, 3.63) is 70.6 Å². The van der Waals surface area contributed by atoms with E-state index < -0.39 is 0 Å². The molecule has 7 heteroatoms. The molecule has 162 valence electrons. The molecule has 0 unspecified atom stereocenters. The lowest BCUT2D eigenvalue weighted by atomic mass is 9.83. The normalized spacial score (nSPS) is 19.7. The van der Waals surface area contributed by atoms with Crippen LogP contribution in [0.2, 0.25) is 0 Å². The molecule has 4 aromatic rings. The van der Waals surface area contributed by atoms with Crippen molar-refractivity contribution >= 4 is 33.7 Å². The molecular weight excluding hydrogens is 406 g/mol. The number of furan rings is 1. The number of nitrogens with zero attached hydrogens (tertiary/aromatic N) is 2. The van der Waals surface area contributed by atoms with Gasteiger partial charge in [0.1, 0.15) is 16.9 Å². The summed E-state index contributed by atoms with van der Waals surface area (Å²) in [6, 6.07) is 16.8. The summed E-state index contributed by atoms with van der Waals surface area (Å²) in [6.07, 6.45) is 1.00. The highest BCUT2D eigenvalue weighted by Crippen LogP contribution is 2.38. The van der Waals surface area contributed by atoms with Crippen molar-refractivity contribution in [2.75, 3.05) is 25.5 Å². The molecular formula is C25H23N3O4. The maximum Gasteiger partial charge on any atom is 0.321 e. The van der Waals surface area contributed by atoms with Crippen LogP contribution in [0.5, 0.6) is 5.75 Å². The largest absolute Gasteiger partial charge is 0.495 e. The number of methoxy groups -OCH3 is 1. The molecule has 2 aliphatic heterocycles. The number of hydrogen-bond acceptors (Lipinski definition) is 4. The first-order valence-electron chi connectivity index (χ1n) is 10.9. The Hall–Kier alpha value is -3.74. The number of piperidine rings is 1. The molecule has 32 heavy (non-hydrogen) atoms. The fourth-order valence-electron chi connectivity index (χ4n) is 5.27. The second-order valence-corrected chi connectivity index (χ2v) is 8.68. The van der Waals surface area contributed by atoms with Gasteiger partial charge in [0.15, 0.2) is 0 Å². The van der Waals surface area contributed by atoms with Gasteiger partial charge in [0.25, 0.3) is 5.56 Å². The van der Waals surface area contributed by atoms with Gasteiger partial charge in [-0.15, -0.1) is 0 Å². The van der Waals surface area contributed by atoms with Gasteiger partial charge in [0.2, 0.25) is 0 Å². The highest BCUT2D eigenvalue weighted by atomic mass is 16.5. The highest BCUT2D eigenvalue weighted by molar-refractivity contribution is 6.07. The lowest BCUT2D eigenvalue weighted by Gasteiger charge is -2.42. The molecule has 2 aromatic heterocycles. The summed E-state index contributed by atoms with van der Waals surface area (Å²) in [6.45, 7) is 1.86. The summed E-state index contributed by atoms with van der Waals surface area (Å²) in [7, 11) is 1.60. The monoisotopic (exact) mass is 429 g/mol. The van der Waals surface area contributed by atoms with E-state index in [2.05, 4.69) is 5.32 Å². The zero-order valence-electron chi connectivity index (χ0n) is 17.7. The van der Waals surface area contributed by atoms with E-state index in [1.165, 1.54) is 0 Å². The van der Waals surface area contributed by atoms with E-state index in [4.69, 9.17) is 9.15 Å². The van der Waals surface area contributed by atoms with Crippen molar-refractivity contribution < 1.29 is 13.9 Å². The molecule has 0 spiro atoms. The Morgan fingerprint density at radius 3 is 2.78 bits per heavy atom. The highest BCUT2D eigenvalue weighted by Gasteiger charge is 2.36. The van der Waals surface area contributed by atoms with E-state index in [1.807, 2.05) is 51.9 Å². The maximum absolute atomic E-state index is 13.2. The lowest BCUT2D eigenvalue weighted by Crippen LogP contribution is -2.50. The number of anilines is 1. The molecule has 7 nitrogen and oxygen atoms in total. The second kappa shape index (κ2) is 7.15. The van der Waals surface area contributed by atoms with E-state index in [1.54, 1.807) is 19.2 Å². The van der Waals surface area contributed by atoms with Crippen LogP contribution in [0.1, 0.15) is 18.0 Å². The summed E-state index contributed by atoms with van der Waals surface area (Å²) in [5.74, 6) is 1.03. The number of hydrogen-bond donors (Lipinski definition) is 1. The number of rotatable bonds is 2. The molecule has 1 fully saturated rings. The molecule has 2 aliphatic rings. The van der Waals surface area contributed by atoms with E-state index in [0.29, 0.717) is 36.7 Å². The summed E-state index contributed by atoms with van der Waals surface area (Å²) in [4.78, 5) is 27.3. The number of urea groups is 1. The third-order valence-electron chi connectivity index (χ3n) is 6.71. The lowest BCUT2D eigenvalue weighted by molar-refractivity contribution is 0.139. The van der Waals surface area contributed by atoms with Gasteiger partial charge in [-0.1, -0.05) is 24.3 Å². The molecule has 4 heterocycles. The standard InChI is InChI=1S/C25H23N3O4/c1-31-23-10-18-17-5-2-3-7-21(17)32-22(18)11-19(23)26-25(30)27-12-15-9-16(14-27)20-6-4-8-24(29)28(20)13-15/h2-8,10-11,15-16H,9,12-14H2,1H3,(H,26,30)/t15-,16-/m0/s1. The zero-order chi connectivity index (χ0) is 21.8. The van der Waals surface area contributed by atoms with Crippen LogP contribution in [0.25, 0.3) is 21.9 Å². The van der Waals surface area contributed by atoms with Crippen LogP contribution in [-0.4, -0.2) is 35.7 Å². The number of para-hydroxylation sites is 1. The van der Waals surface area contributed by atoms with Crippen molar-refractivity contribution in [2.24, 2.45) is 5.92 Å². The Balaban J connectivity index is 1.29. The Bertz CT molecular complexity index is 1420. The molecule has 2 bridgehead atoms. The van der Waals surface area contributed by atoms with Crippen LogP contribution in [0.4, 0.5) is 10.5 Å². The van der Waals surface area contributed by atoms with Gasteiger partial charge in [-0.2, -0.15) is 0 Å². The predicted molar refractivity (Wildman–Crippen MR) is 122 cm³/mol. The summed E-state index contributed by atoms with van der Waals surface area (Å²) < 4.78 is 13.4. The van der Waals surface area contributed by atoms with Crippen LogP contribution in [-0.2, 0) is 6.54 Å². The van der Waals surface area contributed by atoms with E-state index >= 15 is 0 Å². The molecule has 0 saturated carbocycles. The average Bonchev–Trinajstić information content (AvgIpc) is 3.16. The number of fused-ring (bicyclic) bond motifs is 7. The summed E-state index contributed by atoms with van der Waals surface area (Å²) >= 11 is 0. The quantitative estimate of drug-likeness (QED) is 0.512.